The molecule has 1 atom stereocenters. The van der Waals surface area contributed by atoms with E-state index in [0.717, 1.165) is 45.4 Å². The van der Waals surface area contributed by atoms with Gasteiger partial charge in [0.2, 0.25) is 5.91 Å². The highest BCUT2D eigenvalue weighted by Gasteiger charge is 2.21. The van der Waals surface area contributed by atoms with Gasteiger partial charge in [0.25, 0.3) is 0 Å². The maximum atomic E-state index is 13.3. The number of carbonyl (C=O) groups is 1. The molecule has 1 rings (SSSR count). The number of nitrogens with zero attached hydrogens (tertiary/aromatic N) is 2. The van der Waals surface area contributed by atoms with Crippen LogP contribution in [-0.2, 0) is 16.8 Å². The number of benzene rings is 1. The molecule has 0 aliphatic carbocycles. The van der Waals surface area contributed by atoms with Crippen LogP contribution in [-0.4, -0.2) is 41.4 Å². The summed E-state index contributed by atoms with van der Waals surface area (Å²) in [6.45, 7) is 19.8. The maximum Gasteiger partial charge on any atom is 0.223 e. The molecule has 0 saturated heterocycles. The largest absolute Gasteiger partial charge is 0.336 e. The lowest BCUT2D eigenvalue weighted by molar-refractivity contribution is -0.134. The molecule has 0 spiro atoms. The molecule has 0 aromatic heterocycles. The van der Waals surface area contributed by atoms with Crippen molar-refractivity contribution < 1.29 is 4.79 Å². The molecule has 0 aliphatic heterocycles. The number of rotatable bonds is 17. The smallest absolute Gasteiger partial charge is 0.223 e. The SMILES string of the molecule is CCCCCCCCCC(=O)N(Cc1ccc(C(C)(C)C)cc1)C(C)CCCN(CC)CC. The van der Waals surface area contributed by atoms with Gasteiger partial charge in [-0.3, -0.25) is 4.79 Å². The molecule has 1 aromatic carbocycles. The summed E-state index contributed by atoms with van der Waals surface area (Å²) in [7, 11) is 0. The van der Waals surface area contributed by atoms with Gasteiger partial charge in [0.05, 0.1) is 0 Å². The molecule has 0 bridgehead atoms. The summed E-state index contributed by atoms with van der Waals surface area (Å²) in [4.78, 5) is 17.9. The molecule has 0 radical (unpaired) electrons. The second kappa shape index (κ2) is 16.3. The first-order valence-electron chi connectivity index (χ1n) is 13.8. The monoisotopic (exact) mass is 458 g/mol. The van der Waals surface area contributed by atoms with E-state index >= 15 is 0 Å². The molecule has 0 aliphatic rings. The van der Waals surface area contributed by atoms with Gasteiger partial charge < -0.3 is 9.80 Å². The van der Waals surface area contributed by atoms with Crippen LogP contribution in [0.4, 0.5) is 0 Å². The molecular formula is C30H54N2O. The van der Waals surface area contributed by atoms with Crippen molar-refractivity contribution in [2.75, 3.05) is 19.6 Å². The van der Waals surface area contributed by atoms with E-state index in [1.165, 1.54) is 49.7 Å². The minimum atomic E-state index is 0.156. The van der Waals surface area contributed by atoms with Gasteiger partial charge in [-0.25, -0.2) is 0 Å². The Bertz CT molecular complexity index is 628. The Morgan fingerprint density at radius 3 is 1.97 bits per heavy atom. The summed E-state index contributed by atoms with van der Waals surface area (Å²) in [5.74, 6) is 0.332. The Kier molecular flexibility index (Phi) is 14.7. The summed E-state index contributed by atoms with van der Waals surface area (Å²) >= 11 is 0. The van der Waals surface area contributed by atoms with Gasteiger partial charge in [0.15, 0.2) is 0 Å². The number of carbonyl (C=O) groups excluding carboxylic acids is 1. The Morgan fingerprint density at radius 1 is 0.848 bits per heavy atom. The molecular weight excluding hydrogens is 404 g/mol. The highest BCUT2D eigenvalue weighted by molar-refractivity contribution is 5.76. The zero-order valence-corrected chi connectivity index (χ0v) is 23.1. The van der Waals surface area contributed by atoms with E-state index in [1.54, 1.807) is 0 Å². The zero-order chi connectivity index (χ0) is 24.7. The van der Waals surface area contributed by atoms with Crippen molar-refractivity contribution in [1.29, 1.82) is 0 Å². The minimum Gasteiger partial charge on any atom is -0.336 e. The topological polar surface area (TPSA) is 23.6 Å². The van der Waals surface area contributed by atoms with Crippen molar-refractivity contribution in [3.05, 3.63) is 35.4 Å². The Hall–Kier alpha value is -1.35. The first-order chi connectivity index (χ1) is 15.7. The van der Waals surface area contributed by atoms with Crippen LogP contribution >= 0.6 is 0 Å². The van der Waals surface area contributed by atoms with Crippen molar-refractivity contribution in [2.24, 2.45) is 0 Å². The van der Waals surface area contributed by atoms with Crippen molar-refractivity contribution in [2.45, 2.75) is 131 Å². The van der Waals surface area contributed by atoms with Gasteiger partial charge in [0, 0.05) is 19.0 Å². The number of hydrogen-bond donors (Lipinski definition) is 0. The maximum absolute atomic E-state index is 13.3. The van der Waals surface area contributed by atoms with Crippen LogP contribution in [0.15, 0.2) is 24.3 Å². The third-order valence-electron chi connectivity index (χ3n) is 7.01. The minimum absolute atomic E-state index is 0.156. The number of hydrogen-bond acceptors (Lipinski definition) is 2. The third kappa shape index (κ3) is 12.1. The van der Waals surface area contributed by atoms with E-state index in [9.17, 15) is 4.79 Å². The quantitative estimate of drug-likeness (QED) is 0.221. The molecule has 0 fully saturated rings. The van der Waals surface area contributed by atoms with Gasteiger partial charge in [-0.2, -0.15) is 0 Å². The Labute approximate surface area is 206 Å². The summed E-state index contributed by atoms with van der Waals surface area (Å²) in [6, 6.07) is 9.19. The van der Waals surface area contributed by atoms with E-state index in [-0.39, 0.29) is 11.5 Å². The predicted molar refractivity (Wildman–Crippen MR) is 145 cm³/mol. The van der Waals surface area contributed by atoms with Crippen LogP contribution in [0.2, 0.25) is 0 Å². The fraction of sp³-hybridized carbons (Fsp3) is 0.767. The molecule has 1 unspecified atom stereocenters. The lowest BCUT2D eigenvalue weighted by Crippen LogP contribution is -2.38. The summed E-state index contributed by atoms with van der Waals surface area (Å²) < 4.78 is 0. The zero-order valence-electron chi connectivity index (χ0n) is 23.1. The van der Waals surface area contributed by atoms with Crippen LogP contribution < -0.4 is 0 Å². The fourth-order valence-corrected chi connectivity index (χ4v) is 4.48. The lowest BCUT2D eigenvalue weighted by atomic mass is 9.86. The van der Waals surface area contributed by atoms with Gasteiger partial charge in [-0.15, -0.1) is 0 Å². The van der Waals surface area contributed by atoms with Crippen LogP contribution in [0.25, 0.3) is 0 Å². The van der Waals surface area contributed by atoms with Crippen LogP contribution in [0.1, 0.15) is 124 Å². The summed E-state index contributed by atoms with van der Waals surface area (Å²) in [5, 5.41) is 0. The normalized spacial score (nSPS) is 12.8. The highest BCUT2D eigenvalue weighted by atomic mass is 16.2. The van der Waals surface area contributed by atoms with Gasteiger partial charge in [0.1, 0.15) is 0 Å². The second-order valence-electron chi connectivity index (χ2n) is 10.9. The van der Waals surface area contributed by atoms with Crippen LogP contribution in [0.3, 0.4) is 0 Å². The van der Waals surface area contributed by atoms with Crippen LogP contribution in [0, 0.1) is 0 Å². The molecule has 190 valence electrons. The van der Waals surface area contributed by atoms with Crippen molar-refractivity contribution in [1.82, 2.24) is 9.80 Å². The molecule has 3 heteroatoms. The van der Waals surface area contributed by atoms with Crippen molar-refractivity contribution >= 4 is 5.91 Å². The second-order valence-corrected chi connectivity index (χ2v) is 10.9. The molecule has 1 aromatic rings. The van der Waals surface area contributed by atoms with Gasteiger partial charge in [-0.05, 0) is 62.4 Å². The van der Waals surface area contributed by atoms with Crippen LogP contribution in [0.5, 0.6) is 0 Å². The van der Waals surface area contributed by atoms with Crippen molar-refractivity contribution in [3.8, 4) is 0 Å². The first-order valence-corrected chi connectivity index (χ1v) is 13.8. The Morgan fingerprint density at radius 2 is 1.42 bits per heavy atom. The third-order valence-corrected chi connectivity index (χ3v) is 7.01. The predicted octanol–water partition coefficient (Wildman–Crippen LogP) is 7.96. The first kappa shape index (κ1) is 29.7. The average Bonchev–Trinajstić information content (AvgIpc) is 2.79. The van der Waals surface area contributed by atoms with Gasteiger partial charge in [-0.1, -0.05) is 104 Å². The molecule has 1 amide bonds. The Balaban J connectivity index is 2.71. The highest BCUT2D eigenvalue weighted by Crippen LogP contribution is 2.23. The van der Waals surface area contributed by atoms with E-state index < -0.39 is 0 Å². The summed E-state index contributed by atoms with van der Waals surface area (Å²) in [5.41, 5.74) is 2.74. The molecule has 0 heterocycles. The van der Waals surface area contributed by atoms with E-state index in [2.05, 4.69) is 82.5 Å². The standard InChI is InChI=1S/C30H54N2O/c1-8-11-12-13-14-15-16-19-29(33)32(26(4)18-17-24-31(9-2)10-3)25-27-20-22-28(23-21-27)30(5,6)7/h20-23,26H,8-19,24-25H2,1-7H3. The molecule has 3 nitrogen and oxygen atoms in total. The molecule has 0 saturated carbocycles. The molecule has 33 heavy (non-hydrogen) atoms. The molecule has 0 N–H and O–H groups in total. The van der Waals surface area contributed by atoms with Gasteiger partial charge >= 0.3 is 0 Å². The van der Waals surface area contributed by atoms with E-state index in [4.69, 9.17) is 0 Å². The fourth-order valence-electron chi connectivity index (χ4n) is 4.48. The van der Waals surface area contributed by atoms with E-state index in [1.807, 2.05) is 0 Å². The lowest BCUT2D eigenvalue weighted by Gasteiger charge is -2.31. The van der Waals surface area contributed by atoms with Crippen molar-refractivity contribution in [3.63, 3.8) is 0 Å². The number of unbranched alkanes of at least 4 members (excludes halogenated alkanes) is 6. The average molecular weight is 459 g/mol. The summed E-state index contributed by atoms with van der Waals surface area (Å²) in [6.07, 6.45) is 11.7. The number of amides is 1. The van der Waals surface area contributed by atoms with E-state index in [0.29, 0.717) is 12.3 Å².